The van der Waals surface area contributed by atoms with Crippen LogP contribution in [0.15, 0.2) is 41.6 Å². The van der Waals surface area contributed by atoms with Gasteiger partial charge in [0.2, 0.25) is 0 Å². The molecule has 108 valence electrons. The quantitative estimate of drug-likeness (QED) is 0.759. The van der Waals surface area contributed by atoms with Crippen molar-refractivity contribution in [1.29, 1.82) is 0 Å². The largest absolute Gasteiger partial charge is 0.310 e. The van der Waals surface area contributed by atoms with Crippen LogP contribution in [0.1, 0.15) is 25.5 Å². The molecule has 2 aromatic rings. The summed E-state index contributed by atoms with van der Waals surface area (Å²) in [6, 6.07) is 8.90. The van der Waals surface area contributed by atoms with Crippen molar-refractivity contribution in [3.05, 3.63) is 42.1 Å². The van der Waals surface area contributed by atoms with E-state index in [2.05, 4.69) is 20.2 Å². The van der Waals surface area contributed by atoms with Crippen LogP contribution in [0.3, 0.4) is 0 Å². The molecule has 0 amide bonds. The summed E-state index contributed by atoms with van der Waals surface area (Å²) in [5, 5.41) is 9.42. The third kappa shape index (κ3) is 3.37. The first-order valence-corrected chi connectivity index (χ1v) is 7.87. The second-order valence-corrected chi connectivity index (χ2v) is 6.08. The molecule has 1 unspecified atom stereocenters. The fourth-order valence-corrected chi connectivity index (χ4v) is 2.86. The maximum absolute atomic E-state index is 12.1. The van der Waals surface area contributed by atoms with Crippen molar-refractivity contribution in [2.24, 2.45) is 0 Å². The average molecular weight is 294 g/mol. The van der Waals surface area contributed by atoms with Gasteiger partial charge in [0.1, 0.15) is 0 Å². The minimum atomic E-state index is -3.61. The van der Waals surface area contributed by atoms with Gasteiger partial charge in [-0.05, 0) is 37.2 Å². The van der Waals surface area contributed by atoms with Crippen LogP contribution in [0.25, 0.3) is 0 Å². The van der Waals surface area contributed by atoms with Crippen molar-refractivity contribution < 1.29 is 8.42 Å². The van der Waals surface area contributed by atoms with Crippen molar-refractivity contribution in [3.8, 4) is 0 Å². The number of aromatic nitrogens is 2. The molecule has 0 aliphatic carbocycles. The van der Waals surface area contributed by atoms with Crippen molar-refractivity contribution in [2.75, 3.05) is 11.3 Å². The molecule has 1 aromatic carbocycles. The molecular weight excluding hydrogens is 276 g/mol. The normalized spacial score (nSPS) is 13.1. The highest BCUT2D eigenvalue weighted by molar-refractivity contribution is 7.92. The number of hydrogen-bond acceptors (Lipinski definition) is 4. The number of nitrogens with zero attached hydrogens (tertiary/aromatic N) is 1. The monoisotopic (exact) mass is 294 g/mol. The van der Waals surface area contributed by atoms with Gasteiger partial charge in [0.25, 0.3) is 10.0 Å². The van der Waals surface area contributed by atoms with E-state index in [1.807, 2.05) is 32.0 Å². The molecule has 0 aliphatic heterocycles. The molecule has 0 spiro atoms. The predicted molar refractivity (Wildman–Crippen MR) is 77.9 cm³/mol. The molecule has 1 heterocycles. The summed E-state index contributed by atoms with van der Waals surface area (Å²) in [4.78, 5) is 0. The Morgan fingerprint density at radius 1 is 1.35 bits per heavy atom. The van der Waals surface area contributed by atoms with Gasteiger partial charge in [0.15, 0.2) is 5.03 Å². The van der Waals surface area contributed by atoms with Gasteiger partial charge in [-0.25, -0.2) is 0 Å². The number of H-pyrrole nitrogens is 1. The van der Waals surface area contributed by atoms with Crippen LogP contribution in [0, 0.1) is 0 Å². The number of nitrogens with one attached hydrogen (secondary N) is 3. The Morgan fingerprint density at radius 3 is 2.80 bits per heavy atom. The van der Waals surface area contributed by atoms with Crippen molar-refractivity contribution in [1.82, 2.24) is 15.5 Å². The molecule has 1 atom stereocenters. The SMILES string of the molecule is CCNC(C)c1cccc(NS(=O)(=O)c2ccn[nH]2)c1. The number of benzene rings is 1. The summed E-state index contributed by atoms with van der Waals surface area (Å²) < 4.78 is 26.7. The minimum absolute atomic E-state index is 0.0441. The maximum atomic E-state index is 12.1. The van der Waals surface area contributed by atoms with Gasteiger partial charge in [0, 0.05) is 11.7 Å². The average Bonchev–Trinajstić information content (AvgIpc) is 2.93. The highest BCUT2D eigenvalue weighted by atomic mass is 32.2. The molecular formula is C13H18N4O2S. The van der Waals surface area contributed by atoms with Crippen LogP contribution >= 0.6 is 0 Å². The Morgan fingerprint density at radius 2 is 2.15 bits per heavy atom. The molecule has 6 nitrogen and oxygen atoms in total. The highest BCUT2D eigenvalue weighted by Gasteiger charge is 2.15. The summed E-state index contributed by atoms with van der Waals surface area (Å²) in [6.45, 7) is 4.92. The first-order valence-electron chi connectivity index (χ1n) is 6.38. The van der Waals surface area contributed by atoms with Gasteiger partial charge in [-0.1, -0.05) is 19.1 Å². The summed E-state index contributed by atoms with van der Waals surface area (Å²) in [5.41, 5.74) is 1.55. The standard InChI is InChI=1S/C13H18N4O2S/c1-3-14-10(2)11-5-4-6-12(9-11)17-20(18,19)13-7-8-15-16-13/h4-10,14,17H,3H2,1-2H3,(H,15,16). The van der Waals surface area contributed by atoms with E-state index in [-0.39, 0.29) is 11.1 Å². The van der Waals surface area contributed by atoms with Crippen LogP contribution in [0.5, 0.6) is 0 Å². The van der Waals surface area contributed by atoms with Gasteiger partial charge in [-0.3, -0.25) is 9.82 Å². The lowest BCUT2D eigenvalue weighted by molar-refractivity contribution is 0.595. The number of hydrogen-bond donors (Lipinski definition) is 3. The molecule has 20 heavy (non-hydrogen) atoms. The number of rotatable bonds is 6. The van der Waals surface area contributed by atoms with E-state index >= 15 is 0 Å². The summed E-state index contributed by atoms with van der Waals surface area (Å²) in [5.74, 6) is 0. The Kier molecular flexibility index (Phi) is 4.41. The van der Waals surface area contributed by atoms with Crippen LogP contribution in [0.2, 0.25) is 0 Å². The molecule has 0 fully saturated rings. The molecule has 2 rings (SSSR count). The Bertz CT molecular complexity index is 653. The molecule has 0 bridgehead atoms. The summed E-state index contributed by atoms with van der Waals surface area (Å²) in [6.07, 6.45) is 1.40. The molecule has 3 N–H and O–H groups in total. The van der Waals surface area contributed by atoms with Crippen LogP contribution < -0.4 is 10.0 Å². The number of aromatic amines is 1. The van der Waals surface area contributed by atoms with E-state index in [1.165, 1.54) is 12.3 Å². The van der Waals surface area contributed by atoms with Crippen molar-refractivity contribution >= 4 is 15.7 Å². The smallest absolute Gasteiger partial charge is 0.278 e. The highest BCUT2D eigenvalue weighted by Crippen LogP contribution is 2.19. The minimum Gasteiger partial charge on any atom is -0.310 e. The van der Waals surface area contributed by atoms with E-state index in [1.54, 1.807) is 6.07 Å². The first kappa shape index (κ1) is 14.5. The molecule has 7 heteroatoms. The molecule has 0 aliphatic rings. The zero-order valence-corrected chi connectivity index (χ0v) is 12.2. The molecule has 0 radical (unpaired) electrons. The van der Waals surface area contributed by atoms with Crippen LogP contribution in [-0.4, -0.2) is 25.2 Å². The molecule has 1 aromatic heterocycles. The van der Waals surface area contributed by atoms with Gasteiger partial charge < -0.3 is 5.32 Å². The van der Waals surface area contributed by atoms with Gasteiger partial charge in [-0.15, -0.1) is 0 Å². The van der Waals surface area contributed by atoms with E-state index < -0.39 is 10.0 Å². The van der Waals surface area contributed by atoms with Crippen molar-refractivity contribution in [3.63, 3.8) is 0 Å². The van der Waals surface area contributed by atoms with E-state index in [4.69, 9.17) is 0 Å². The topological polar surface area (TPSA) is 86.9 Å². The van der Waals surface area contributed by atoms with Crippen molar-refractivity contribution in [2.45, 2.75) is 24.9 Å². The Hall–Kier alpha value is -1.86. The van der Waals surface area contributed by atoms with Crippen LogP contribution in [-0.2, 0) is 10.0 Å². The zero-order chi connectivity index (χ0) is 14.6. The Balaban J connectivity index is 2.20. The lowest BCUT2D eigenvalue weighted by atomic mass is 10.1. The lowest BCUT2D eigenvalue weighted by Crippen LogP contribution is -2.18. The number of sulfonamides is 1. The third-order valence-corrected chi connectivity index (χ3v) is 4.22. The predicted octanol–water partition coefficient (Wildman–Crippen LogP) is 1.88. The maximum Gasteiger partial charge on any atom is 0.278 e. The fraction of sp³-hybridized carbons (Fsp3) is 0.308. The first-order chi connectivity index (χ1) is 9.53. The zero-order valence-electron chi connectivity index (χ0n) is 11.4. The number of anilines is 1. The van der Waals surface area contributed by atoms with E-state index in [0.29, 0.717) is 5.69 Å². The van der Waals surface area contributed by atoms with Gasteiger partial charge in [-0.2, -0.15) is 13.5 Å². The molecule has 0 saturated heterocycles. The van der Waals surface area contributed by atoms with Gasteiger partial charge >= 0.3 is 0 Å². The van der Waals surface area contributed by atoms with E-state index in [0.717, 1.165) is 12.1 Å². The second-order valence-electron chi connectivity index (χ2n) is 4.43. The molecule has 0 saturated carbocycles. The van der Waals surface area contributed by atoms with Gasteiger partial charge in [0.05, 0.1) is 6.20 Å². The van der Waals surface area contributed by atoms with Crippen LogP contribution in [0.4, 0.5) is 5.69 Å². The summed E-state index contributed by atoms with van der Waals surface area (Å²) >= 11 is 0. The lowest BCUT2D eigenvalue weighted by Gasteiger charge is -2.14. The van der Waals surface area contributed by atoms with E-state index in [9.17, 15) is 8.42 Å². The Labute approximate surface area is 118 Å². The fourth-order valence-electron chi connectivity index (χ4n) is 1.90. The third-order valence-electron chi connectivity index (χ3n) is 2.91. The second kappa shape index (κ2) is 6.06. The summed E-state index contributed by atoms with van der Waals surface area (Å²) in [7, 11) is -3.61.